The second-order valence-corrected chi connectivity index (χ2v) is 4.15. The van der Waals surface area contributed by atoms with Crippen LogP contribution in [0.1, 0.15) is 26.2 Å². The van der Waals surface area contributed by atoms with Crippen molar-refractivity contribution < 1.29 is 4.79 Å². The molecule has 0 radical (unpaired) electrons. The van der Waals surface area contributed by atoms with Crippen molar-refractivity contribution in [1.29, 1.82) is 0 Å². The van der Waals surface area contributed by atoms with Crippen molar-refractivity contribution >= 4 is 11.9 Å². The zero-order valence-corrected chi connectivity index (χ0v) is 9.44. The number of nitrogens with zero attached hydrogens (tertiary/aromatic N) is 2. The number of amides is 1. The van der Waals surface area contributed by atoms with Crippen LogP contribution >= 0.6 is 0 Å². The largest absolute Gasteiger partial charge is 0.370 e. The minimum atomic E-state index is 0.108. The molecule has 1 amide bonds. The van der Waals surface area contributed by atoms with E-state index in [4.69, 9.17) is 11.5 Å². The zero-order chi connectivity index (χ0) is 11.4. The van der Waals surface area contributed by atoms with Crippen LogP contribution in [0.15, 0.2) is 4.99 Å². The number of carbonyl (C=O) groups excluding carboxylic acids is 1. The number of hydrogen-bond donors (Lipinski definition) is 2. The molecule has 0 aromatic heterocycles. The number of rotatable bonds is 3. The Bertz CT molecular complexity index is 260. The molecule has 0 aromatic rings. The Hall–Kier alpha value is -1.26. The van der Waals surface area contributed by atoms with Crippen molar-refractivity contribution in [3.8, 4) is 0 Å². The van der Waals surface area contributed by atoms with Gasteiger partial charge < -0.3 is 16.4 Å². The van der Waals surface area contributed by atoms with Crippen molar-refractivity contribution in [3.05, 3.63) is 0 Å². The van der Waals surface area contributed by atoms with E-state index in [9.17, 15) is 4.79 Å². The molecule has 1 saturated carbocycles. The lowest BCUT2D eigenvalue weighted by Crippen LogP contribution is -2.39. The van der Waals surface area contributed by atoms with Gasteiger partial charge in [0.25, 0.3) is 0 Å². The molecule has 0 bridgehead atoms. The fourth-order valence-electron chi connectivity index (χ4n) is 2.20. The van der Waals surface area contributed by atoms with E-state index < -0.39 is 0 Å². The molecular formula is C10H20N4O. The minimum absolute atomic E-state index is 0.108. The smallest absolute Gasteiger partial charge is 0.219 e. The Kier molecular flexibility index (Phi) is 3.94. The summed E-state index contributed by atoms with van der Waals surface area (Å²) in [6.45, 7) is 2.22. The summed E-state index contributed by atoms with van der Waals surface area (Å²) in [4.78, 5) is 17.1. The Morgan fingerprint density at radius 2 is 2.13 bits per heavy atom. The predicted molar refractivity (Wildman–Crippen MR) is 60.2 cm³/mol. The molecule has 4 N–H and O–H groups in total. The lowest BCUT2D eigenvalue weighted by Gasteiger charge is -2.28. The summed E-state index contributed by atoms with van der Waals surface area (Å²) < 4.78 is 0. The summed E-state index contributed by atoms with van der Waals surface area (Å²) in [7, 11) is 1.85. The van der Waals surface area contributed by atoms with Crippen LogP contribution in [0.3, 0.4) is 0 Å². The number of guanidine groups is 1. The number of carbonyl (C=O) groups is 1. The Morgan fingerprint density at radius 3 is 2.67 bits per heavy atom. The SMILES string of the molecule is CC(=O)N(C)C1CCCC1CN=C(N)N. The van der Waals surface area contributed by atoms with Gasteiger partial charge in [-0.05, 0) is 18.8 Å². The third-order valence-corrected chi connectivity index (χ3v) is 3.12. The van der Waals surface area contributed by atoms with E-state index in [1.165, 1.54) is 0 Å². The van der Waals surface area contributed by atoms with Gasteiger partial charge in [-0.25, -0.2) is 0 Å². The number of hydrogen-bond acceptors (Lipinski definition) is 2. The molecule has 0 aliphatic heterocycles. The summed E-state index contributed by atoms with van der Waals surface area (Å²) in [5.41, 5.74) is 10.6. The highest BCUT2D eigenvalue weighted by atomic mass is 16.2. The van der Waals surface area contributed by atoms with Crippen molar-refractivity contribution in [2.75, 3.05) is 13.6 Å². The lowest BCUT2D eigenvalue weighted by molar-refractivity contribution is -0.130. The topological polar surface area (TPSA) is 84.7 Å². The first-order valence-electron chi connectivity index (χ1n) is 5.31. The monoisotopic (exact) mass is 212 g/mol. The van der Waals surface area contributed by atoms with Gasteiger partial charge in [0, 0.05) is 26.6 Å². The summed E-state index contributed by atoms with van der Waals surface area (Å²) in [6.07, 6.45) is 3.30. The normalized spacial score (nSPS) is 24.9. The van der Waals surface area contributed by atoms with Crippen LogP contribution < -0.4 is 11.5 Å². The first-order valence-corrected chi connectivity index (χ1v) is 5.31. The van der Waals surface area contributed by atoms with Crippen LogP contribution in [-0.2, 0) is 4.79 Å². The van der Waals surface area contributed by atoms with Crippen LogP contribution in [0.5, 0.6) is 0 Å². The van der Waals surface area contributed by atoms with Crippen LogP contribution in [-0.4, -0.2) is 36.4 Å². The Labute approximate surface area is 90.5 Å². The molecule has 0 saturated heterocycles. The molecule has 1 fully saturated rings. The van der Waals surface area contributed by atoms with Gasteiger partial charge in [-0.15, -0.1) is 0 Å². The molecule has 1 aliphatic carbocycles. The second-order valence-electron chi connectivity index (χ2n) is 4.15. The quantitative estimate of drug-likeness (QED) is 0.506. The van der Waals surface area contributed by atoms with Crippen molar-refractivity contribution in [3.63, 3.8) is 0 Å². The van der Waals surface area contributed by atoms with Crippen LogP contribution in [0.2, 0.25) is 0 Å². The first kappa shape index (κ1) is 11.8. The van der Waals surface area contributed by atoms with Gasteiger partial charge in [0.2, 0.25) is 5.91 Å². The first-order chi connectivity index (χ1) is 7.02. The van der Waals surface area contributed by atoms with E-state index in [1.807, 2.05) is 7.05 Å². The highest BCUT2D eigenvalue weighted by Gasteiger charge is 2.31. The molecule has 0 aromatic carbocycles. The van der Waals surface area contributed by atoms with Gasteiger partial charge in [-0.3, -0.25) is 9.79 Å². The third kappa shape index (κ3) is 3.11. The Balaban J connectivity index is 2.57. The number of nitrogens with two attached hydrogens (primary N) is 2. The number of aliphatic imine (C=N–C) groups is 1. The van der Waals surface area contributed by atoms with Crippen LogP contribution in [0, 0.1) is 5.92 Å². The molecule has 0 heterocycles. The molecule has 2 unspecified atom stereocenters. The molecule has 1 rings (SSSR count). The molecule has 86 valence electrons. The second kappa shape index (κ2) is 5.00. The van der Waals surface area contributed by atoms with Gasteiger partial charge in [-0.2, -0.15) is 0 Å². The Morgan fingerprint density at radius 1 is 1.47 bits per heavy atom. The molecule has 0 spiro atoms. The summed E-state index contributed by atoms with van der Waals surface area (Å²) in [5, 5.41) is 0. The maximum absolute atomic E-state index is 11.3. The van der Waals surface area contributed by atoms with Crippen LogP contribution in [0.25, 0.3) is 0 Å². The van der Waals surface area contributed by atoms with E-state index >= 15 is 0 Å². The van der Waals surface area contributed by atoms with Crippen molar-refractivity contribution in [2.24, 2.45) is 22.4 Å². The summed E-state index contributed by atoms with van der Waals surface area (Å²) in [6, 6.07) is 0.297. The van der Waals surface area contributed by atoms with Gasteiger partial charge in [0.15, 0.2) is 5.96 Å². The van der Waals surface area contributed by atoms with E-state index in [-0.39, 0.29) is 11.9 Å². The van der Waals surface area contributed by atoms with Gasteiger partial charge in [0.05, 0.1) is 0 Å². The van der Waals surface area contributed by atoms with E-state index in [1.54, 1.807) is 11.8 Å². The molecule has 2 atom stereocenters. The van der Waals surface area contributed by atoms with Gasteiger partial charge in [-0.1, -0.05) is 6.42 Å². The van der Waals surface area contributed by atoms with E-state index in [0.29, 0.717) is 18.5 Å². The molecule has 15 heavy (non-hydrogen) atoms. The van der Waals surface area contributed by atoms with Gasteiger partial charge in [0.1, 0.15) is 0 Å². The summed E-state index contributed by atoms with van der Waals surface area (Å²) in [5.74, 6) is 0.642. The standard InChI is InChI=1S/C10H20N4O/c1-7(15)14(2)9-5-3-4-8(9)6-13-10(11)12/h8-9H,3-6H2,1-2H3,(H4,11,12,13). The molecule has 5 nitrogen and oxygen atoms in total. The zero-order valence-electron chi connectivity index (χ0n) is 9.44. The maximum Gasteiger partial charge on any atom is 0.219 e. The maximum atomic E-state index is 11.3. The van der Waals surface area contributed by atoms with Crippen LogP contribution in [0.4, 0.5) is 0 Å². The fraction of sp³-hybridized carbons (Fsp3) is 0.800. The minimum Gasteiger partial charge on any atom is -0.370 e. The van der Waals surface area contributed by atoms with E-state index in [0.717, 1.165) is 19.3 Å². The third-order valence-electron chi connectivity index (χ3n) is 3.12. The average Bonchev–Trinajstić information content (AvgIpc) is 2.60. The van der Waals surface area contributed by atoms with Crippen molar-refractivity contribution in [1.82, 2.24) is 4.90 Å². The van der Waals surface area contributed by atoms with Crippen molar-refractivity contribution in [2.45, 2.75) is 32.2 Å². The fourth-order valence-corrected chi connectivity index (χ4v) is 2.20. The predicted octanol–water partition coefficient (Wildman–Crippen LogP) is -0.0932. The highest BCUT2D eigenvalue weighted by molar-refractivity contribution is 5.75. The van der Waals surface area contributed by atoms with Gasteiger partial charge >= 0.3 is 0 Å². The molecule has 1 aliphatic rings. The highest BCUT2D eigenvalue weighted by Crippen LogP contribution is 2.29. The molecule has 5 heteroatoms. The van der Waals surface area contributed by atoms with E-state index in [2.05, 4.69) is 4.99 Å². The average molecular weight is 212 g/mol. The summed E-state index contributed by atoms with van der Waals surface area (Å²) >= 11 is 0. The molecular weight excluding hydrogens is 192 g/mol. The lowest BCUT2D eigenvalue weighted by atomic mass is 10.0.